The minimum atomic E-state index is -0.648. The van der Waals surface area contributed by atoms with E-state index in [0.29, 0.717) is 11.4 Å². The molecule has 3 rings (SSSR count). The third kappa shape index (κ3) is 5.54. The molecule has 0 aromatic heterocycles. The highest BCUT2D eigenvalue weighted by molar-refractivity contribution is 6.03. The van der Waals surface area contributed by atoms with Crippen LogP contribution in [0.5, 0.6) is 0 Å². The molecule has 9 nitrogen and oxygen atoms in total. The molecular weight excluding hydrogens is 374 g/mol. The Labute approximate surface area is 165 Å². The van der Waals surface area contributed by atoms with Crippen molar-refractivity contribution in [2.75, 3.05) is 21.3 Å². The standard InChI is InChI=1S/C20H17N5O4/c26-19(21-14-7-3-1-4-8-14)23-16-11-12-18(25(28)29)17(13-16)24-20(27)22-15-9-5-2-6-10-15/h1-13H,(H2,21,23,26)(H2,22,24,27). The fourth-order valence-electron chi connectivity index (χ4n) is 2.49. The second kappa shape index (κ2) is 9.00. The van der Waals surface area contributed by atoms with E-state index < -0.39 is 17.0 Å². The van der Waals surface area contributed by atoms with E-state index in [1.165, 1.54) is 18.2 Å². The average Bonchev–Trinajstić information content (AvgIpc) is 2.69. The first-order valence-corrected chi connectivity index (χ1v) is 8.56. The largest absolute Gasteiger partial charge is 0.323 e. The number of urea groups is 2. The van der Waals surface area contributed by atoms with E-state index in [-0.39, 0.29) is 17.1 Å². The minimum absolute atomic E-state index is 0.0547. The highest BCUT2D eigenvalue weighted by atomic mass is 16.6. The zero-order valence-electron chi connectivity index (χ0n) is 15.1. The Morgan fingerprint density at radius 3 is 1.66 bits per heavy atom. The van der Waals surface area contributed by atoms with Crippen molar-refractivity contribution in [2.24, 2.45) is 0 Å². The van der Waals surface area contributed by atoms with Crippen LogP contribution in [0.1, 0.15) is 0 Å². The summed E-state index contributed by atoms with van der Waals surface area (Å²) in [6, 6.07) is 20.2. The number of nitro groups is 1. The third-order valence-electron chi connectivity index (χ3n) is 3.76. The molecule has 146 valence electrons. The SMILES string of the molecule is O=C(Nc1ccccc1)Nc1ccc([N+](=O)[O-])c(NC(=O)Nc2ccccc2)c1. The van der Waals surface area contributed by atoms with E-state index in [0.717, 1.165) is 0 Å². The number of para-hydroxylation sites is 2. The molecule has 0 heterocycles. The number of carbonyl (C=O) groups is 2. The second-order valence-electron chi connectivity index (χ2n) is 5.88. The number of hydrogen-bond donors (Lipinski definition) is 4. The number of anilines is 4. The Morgan fingerprint density at radius 1 is 0.655 bits per heavy atom. The van der Waals surface area contributed by atoms with Crippen LogP contribution in [0.2, 0.25) is 0 Å². The van der Waals surface area contributed by atoms with Gasteiger partial charge in [-0.25, -0.2) is 9.59 Å². The monoisotopic (exact) mass is 391 g/mol. The molecule has 0 spiro atoms. The maximum atomic E-state index is 12.2. The Morgan fingerprint density at radius 2 is 1.14 bits per heavy atom. The highest BCUT2D eigenvalue weighted by Crippen LogP contribution is 2.28. The smallest absolute Gasteiger partial charge is 0.308 e. The van der Waals surface area contributed by atoms with Crippen LogP contribution in [-0.2, 0) is 0 Å². The van der Waals surface area contributed by atoms with Crippen LogP contribution in [0.25, 0.3) is 0 Å². The molecule has 4 N–H and O–H groups in total. The van der Waals surface area contributed by atoms with Gasteiger partial charge in [-0.2, -0.15) is 0 Å². The summed E-state index contributed by atoms with van der Waals surface area (Å²) >= 11 is 0. The van der Waals surface area contributed by atoms with Crippen molar-refractivity contribution in [3.63, 3.8) is 0 Å². The second-order valence-corrected chi connectivity index (χ2v) is 5.88. The van der Waals surface area contributed by atoms with E-state index >= 15 is 0 Å². The first-order valence-electron chi connectivity index (χ1n) is 8.56. The molecule has 0 aliphatic rings. The van der Waals surface area contributed by atoms with Crippen LogP contribution in [0.15, 0.2) is 78.9 Å². The van der Waals surface area contributed by atoms with Gasteiger partial charge in [0.05, 0.1) is 4.92 Å². The van der Waals surface area contributed by atoms with E-state index in [1.807, 2.05) is 6.07 Å². The number of nitro benzene ring substituents is 1. The number of rotatable bonds is 5. The van der Waals surface area contributed by atoms with Gasteiger partial charge in [0, 0.05) is 23.1 Å². The normalized spacial score (nSPS) is 9.93. The molecule has 0 atom stereocenters. The van der Waals surface area contributed by atoms with Gasteiger partial charge in [0.15, 0.2) is 0 Å². The Kier molecular flexibility index (Phi) is 6.01. The van der Waals surface area contributed by atoms with Crippen molar-refractivity contribution in [1.29, 1.82) is 0 Å². The van der Waals surface area contributed by atoms with E-state index in [9.17, 15) is 19.7 Å². The minimum Gasteiger partial charge on any atom is -0.308 e. The lowest BCUT2D eigenvalue weighted by atomic mass is 10.2. The summed E-state index contributed by atoms with van der Waals surface area (Å²) in [6.45, 7) is 0. The van der Waals surface area contributed by atoms with E-state index in [4.69, 9.17) is 0 Å². The first-order chi connectivity index (χ1) is 14.0. The molecule has 0 aliphatic heterocycles. The molecule has 29 heavy (non-hydrogen) atoms. The van der Waals surface area contributed by atoms with Crippen LogP contribution < -0.4 is 21.3 Å². The summed E-state index contributed by atoms with van der Waals surface area (Å²) < 4.78 is 0. The number of nitrogens with one attached hydrogen (secondary N) is 4. The molecule has 0 aliphatic carbocycles. The molecule has 0 saturated carbocycles. The highest BCUT2D eigenvalue weighted by Gasteiger charge is 2.17. The van der Waals surface area contributed by atoms with Crippen molar-refractivity contribution in [2.45, 2.75) is 0 Å². The summed E-state index contributed by atoms with van der Waals surface area (Å²) in [7, 11) is 0. The van der Waals surface area contributed by atoms with Crippen molar-refractivity contribution < 1.29 is 14.5 Å². The molecule has 0 fully saturated rings. The molecule has 9 heteroatoms. The van der Waals surface area contributed by atoms with Gasteiger partial charge in [-0.05, 0) is 36.4 Å². The van der Waals surface area contributed by atoms with Crippen molar-refractivity contribution in [3.05, 3.63) is 89.0 Å². The quantitative estimate of drug-likeness (QED) is 0.365. The Hall–Kier alpha value is -4.40. The first kappa shape index (κ1) is 19.4. The van der Waals surface area contributed by atoms with Crippen LogP contribution in [0.4, 0.5) is 38.0 Å². The molecule has 0 bridgehead atoms. The number of carbonyl (C=O) groups excluding carboxylic acids is 2. The summed E-state index contributed by atoms with van der Waals surface area (Å²) in [5, 5.41) is 21.5. The van der Waals surface area contributed by atoms with E-state index in [1.54, 1.807) is 54.6 Å². The molecular formula is C20H17N5O4. The molecule has 0 radical (unpaired) electrons. The predicted octanol–water partition coefficient (Wildman–Crippen LogP) is 4.88. The average molecular weight is 391 g/mol. The summed E-state index contributed by atoms with van der Waals surface area (Å²) in [4.78, 5) is 35.0. The number of nitrogens with zero attached hydrogens (tertiary/aromatic N) is 1. The lowest BCUT2D eigenvalue weighted by Crippen LogP contribution is -2.21. The maximum absolute atomic E-state index is 12.2. The predicted molar refractivity (Wildman–Crippen MR) is 111 cm³/mol. The van der Waals surface area contributed by atoms with Gasteiger partial charge in [0.1, 0.15) is 5.69 Å². The summed E-state index contributed by atoms with van der Waals surface area (Å²) in [6.07, 6.45) is 0. The lowest BCUT2D eigenvalue weighted by Gasteiger charge is -2.11. The number of hydrogen-bond acceptors (Lipinski definition) is 4. The maximum Gasteiger partial charge on any atom is 0.323 e. The van der Waals surface area contributed by atoms with Gasteiger partial charge in [0.2, 0.25) is 0 Å². The topological polar surface area (TPSA) is 125 Å². The van der Waals surface area contributed by atoms with Crippen LogP contribution in [0, 0.1) is 10.1 Å². The molecule has 4 amide bonds. The fourth-order valence-corrected chi connectivity index (χ4v) is 2.49. The zero-order chi connectivity index (χ0) is 20.6. The molecule has 0 unspecified atom stereocenters. The van der Waals surface area contributed by atoms with Gasteiger partial charge in [0.25, 0.3) is 5.69 Å². The van der Waals surface area contributed by atoms with Crippen LogP contribution >= 0.6 is 0 Å². The van der Waals surface area contributed by atoms with E-state index in [2.05, 4.69) is 21.3 Å². The molecule has 3 aromatic rings. The zero-order valence-corrected chi connectivity index (χ0v) is 15.1. The number of amides is 4. The van der Waals surface area contributed by atoms with Gasteiger partial charge in [-0.15, -0.1) is 0 Å². The van der Waals surface area contributed by atoms with Gasteiger partial charge in [-0.1, -0.05) is 36.4 Å². The van der Waals surface area contributed by atoms with Gasteiger partial charge < -0.3 is 21.3 Å². The Balaban J connectivity index is 1.72. The van der Waals surface area contributed by atoms with Crippen LogP contribution in [0.3, 0.4) is 0 Å². The van der Waals surface area contributed by atoms with Crippen molar-refractivity contribution in [1.82, 2.24) is 0 Å². The van der Waals surface area contributed by atoms with Crippen molar-refractivity contribution >= 4 is 40.5 Å². The Bertz CT molecular complexity index is 1030. The van der Waals surface area contributed by atoms with Gasteiger partial charge in [-0.3, -0.25) is 10.1 Å². The molecule has 0 saturated heterocycles. The number of benzene rings is 3. The lowest BCUT2D eigenvalue weighted by molar-refractivity contribution is -0.383. The fraction of sp³-hybridized carbons (Fsp3) is 0. The summed E-state index contributed by atoms with van der Waals surface area (Å²) in [5.74, 6) is 0. The molecule has 3 aromatic carbocycles. The summed E-state index contributed by atoms with van der Waals surface area (Å²) in [5.41, 5.74) is 1.04. The van der Waals surface area contributed by atoms with Crippen LogP contribution in [-0.4, -0.2) is 17.0 Å². The van der Waals surface area contributed by atoms with Gasteiger partial charge >= 0.3 is 12.1 Å². The third-order valence-corrected chi connectivity index (χ3v) is 3.76. The van der Waals surface area contributed by atoms with Crippen molar-refractivity contribution in [3.8, 4) is 0 Å².